The third-order valence-electron chi connectivity index (χ3n) is 3.55. The molecule has 2 aromatic carbocycles. The Morgan fingerprint density at radius 3 is 2.50 bits per heavy atom. The Morgan fingerprint density at radius 1 is 1.10 bits per heavy atom. The molecule has 2 aromatic rings. The van der Waals surface area contributed by atoms with Gasteiger partial charge in [-0.15, -0.1) is 0 Å². The van der Waals surface area contributed by atoms with Gasteiger partial charge in [-0.25, -0.2) is 0 Å². The molecule has 0 aromatic heterocycles. The summed E-state index contributed by atoms with van der Waals surface area (Å²) in [6.45, 7) is 5.12. The van der Waals surface area contributed by atoms with Crippen LogP contribution in [0, 0.1) is 6.92 Å². The van der Waals surface area contributed by atoms with Crippen molar-refractivity contribution in [1.29, 1.82) is 0 Å². The van der Waals surface area contributed by atoms with Crippen LogP contribution in [-0.2, 0) is 6.54 Å². The molecule has 2 rings (SSSR count). The maximum atomic E-state index is 6.29. The first-order valence-electron chi connectivity index (χ1n) is 6.84. The van der Waals surface area contributed by atoms with Gasteiger partial charge in [0.15, 0.2) is 0 Å². The lowest BCUT2D eigenvalue weighted by molar-refractivity contribution is 0.518. The van der Waals surface area contributed by atoms with Gasteiger partial charge in [0.2, 0.25) is 0 Å². The highest BCUT2D eigenvalue weighted by Crippen LogP contribution is 2.28. The maximum Gasteiger partial charge on any atom is 0.0468 e. The van der Waals surface area contributed by atoms with Crippen molar-refractivity contribution in [3.05, 3.63) is 69.2 Å². The fourth-order valence-corrected chi connectivity index (χ4v) is 2.84. The minimum absolute atomic E-state index is 0.236. The van der Waals surface area contributed by atoms with E-state index in [0.717, 1.165) is 23.6 Å². The molecule has 0 bridgehead atoms. The van der Waals surface area contributed by atoms with Crippen molar-refractivity contribution >= 4 is 23.2 Å². The predicted octanol–water partition coefficient (Wildman–Crippen LogP) is 5.54. The van der Waals surface area contributed by atoms with Crippen LogP contribution >= 0.6 is 23.2 Å². The van der Waals surface area contributed by atoms with Crippen LogP contribution < -0.4 is 5.32 Å². The molecule has 0 aliphatic carbocycles. The van der Waals surface area contributed by atoms with E-state index in [4.69, 9.17) is 23.2 Å². The topological polar surface area (TPSA) is 12.0 Å². The second kappa shape index (κ2) is 7.12. The summed E-state index contributed by atoms with van der Waals surface area (Å²) in [7, 11) is 0. The largest absolute Gasteiger partial charge is 0.306 e. The third kappa shape index (κ3) is 3.76. The second-order valence-corrected chi connectivity index (χ2v) is 5.78. The Hall–Kier alpha value is -1.02. The summed E-state index contributed by atoms with van der Waals surface area (Å²) in [4.78, 5) is 0. The van der Waals surface area contributed by atoms with E-state index >= 15 is 0 Å². The van der Waals surface area contributed by atoms with Crippen molar-refractivity contribution in [2.24, 2.45) is 0 Å². The number of benzene rings is 2. The van der Waals surface area contributed by atoms with Gasteiger partial charge in [0.25, 0.3) is 0 Å². The Kier molecular flexibility index (Phi) is 5.47. The molecule has 0 amide bonds. The minimum Gasteiger partial charge on any atom is -0.306 e. The van der Waals surface area contributed by atoms with E-state index in [-0.39, 0.29) is 6.04 Å². The zero-order valence-electron chi connectivity index (χ0n) is 11.8. The molecule has 0 aliphatic heterocycles. The molecule has 0 fully saturated rings. The summed E-state index contributed by atoms with van der Waals surface area (Å²) in [6.07, 6.45) is 0.979. The Balaban J connectivity index is 2.11. The van der Waals surface area contributed by atoms with Gasteiger partial charge >= 0.3 is 0 Å². The molecule has 0 heterocycles. The summed E-state index contributed by atoms with van der Waals surface area (Å²) in [5.74, 6) is 0. The quantitative estimate of drug-likeness (QED) is 0.764. The number of aryl methyl sites for hydroxylation is 1. The van der Waals surface area contributed by atoms with Gasteiger partial charge < -0.3 is 5.32 Å². The van der Waals surface area contributed by atoms with Crippen molar-refractivity contribution in [1.82, 2.24) is 5.32 Å². The van der Waals surface area contributed by atoms with Crippen LogP contribution in [0.4, 0.5) is 0 Å². The summed E-state index contributed by atoms with van der Waals surface area (Å²) in [6, 6.07) is 14.3. The van der Waals surface area contributed by atoms with Crippen LogP contribution in [0.3, 0.4) is 0 Å². The number of rotatable bonds is 5. The van der Waals surface area contributed by atoms with E-state index in [2.05, 4.69) is 43.4 Å². The highest BCUT2D eigenvalue weighted by atomic mass is 35.5. The lowest BCUT2D eigenvalue weighted by Crippen LogP contribution is -2.21. The predicted molar refractivity (Wildman–Crippen MR) is 87.5 cm³/mol. The number of hydrogen-bond acceptors (Lipinski definition) is 1. The highest BCUT2D eigenvalue weighted by Gasteiger charge is 2.13. The average molecular weight is 308 g/mol. The van der Waals surface area contributed by atoms with Crippen LogP contribution in [0.25, 0.3) is 0 Å². The molecule has 3 heteroatoms. The number of hydrogen-bond donors (Lipinski definition) is 1. The van der Waals surface area contributed by atoms with Crippen LogP contribution in [-0.4, -0.2) is 0 Å². The maximum absolute atomic E-state index is 6.29. The van der Waals surface area contributed by atoms with Crippen molar-refractivity contribution in [3.8, 4) is 0 Å². The number of halogens is 2. The minimum atomic E-state index is 0.236. The fraction of sp³-hybridized carbons (Fsp3) is 0.294. The summed E-state index contributed by atoms with van der Waals surface area (Å²) in [5, 5.41) is 4.97. The standard InChI is InChI=1S/C17H19Cl2N/c1-3-17(15-9-8-14(18)10-16(15)19)20-11-13-7-5-4-6-12(13)2/h4-10,17,20H,3,11H2,1-2H3. The molecular weight excluding hydrogens is 289 g/mol. The lowest BCUT2D eigenvalue weighted by atomic mass is 10.0. The van der Waals surface area contributed by atoms with Crippen LogP contribution in [0.5, 0.6) is 0 Å². The van der Waals surface area contributed by atoms with Gasteiger partial charge in [-0.2, -0.15) is 0 Å². The molecular formula is C17H19Cl2N. The summed E-state index contributed by atoms with van der Waals surface area (Å²) >= 11 is 12.2. The Bertz CT molecular complexity index is 581. The summed E-state index contributed by atoms with van der Waals surface area (Å²) < 4.78 is 0. The second-order valence-electron chi connectivity index (χ2n) is 4.93. The molecule has 0 saturated carbocycles. The first kappa shape index (κ1) is 15.4. The smallest absolute Gasteiger partial charge is 0.0468 e. The third-order valence-corrected chi connectivity index (χ3v) is 4.11. The molecule has 1 N–H and O–H groups in total. The SMILES string of the molecule is CCC(NCc1ccccc1C)c1ccc(Cl)cc1Cl. The summed E-state index contributed by atoms with van der Waals surface area (Å²) in [5.41, 5.74) is 3.72. The van der Waals surface area contributed by atoms with Gasteiger partial charge in [-0.3, -0.25) is 0 Å². The Morgan fingerprint density at radius 2 is 1.85 bits per heavy atom. The lowest BCUT2D eigenvalue weighted by Gasteiger charge is -2.19. The molecule has 0 radical (unpaired) electrons. The molecule has 0 spiro atoms. The first-order chi connectivity index (χ1) is 9.61. The van der Waals surface area contributed by atoms with E-state index in [9.17, 15) is 0 Å². The molecule has 20 heavy (non-hydrogen) atoms. The monoisotopic (exact) mass is 307 g/mol. The molecule has 1 nitrogen and oxygen atoms in total. The van der Waals surface area contributed by atoms with Crippen molar-refractivity contribution in [2.45, 2.75) is 32.9 Å². The van der Waals surface area contributed by atoms with Gasteiger partial charge in [-0.1, -0.05) is 60.5 Å². The van der Waals surface area contributed by atoms with Gasteiger partial charge in [-0.05, 0) is 42.2 Å². The van der Waals surface area contributed by atoms with Crippen molar-refractivity contribution in [2.75, 3.05) is 0 Å². The van der Waals surface area contributed by atoms with Gasteiger partial charge in [0.05, 0.1) is 0 Å². The van der Waals surface area contributed by atoms with Crippen molar-refractivity contribution in [3.63, 3.8) is 0 Å². The number of nitrogens with one attached hydrogen (secondary N) is 1. The molecule has 1 atom stereocenters. The first-order valence-corrected chi connectivity index (χ1v) is 7.60. The molecule has 1 unspecified atom stereocenters. The highest BCUT2D eigenvalue weighted by molar-refractivity contribution is 6.35. The van der Waals surface area contributed by atoms with Crippen molar-refractivity contribution < 1.29 is 0 Å². The normalized spacial score (nSPS) is 12.4. The van der Waals surface area contributed by atoms with E-state index in [1.54, 1.807) is 6.07 Å². The van der Waals surface area contributed by atoms with Gasteiger partial charge in [0, 0.05) is 22.6 Å². The Labute approximate surface area is 130 Å². The van der Waals surface area contributed by atoms with Crippen LogP contribution in [0.15, 0.2) is 42.5 Å². The molecule has 0 saturated heterocycles. The fourth-order valence-electron chi connectivity index (χ4n) is 2.30. The zero-order chi connectivity index (χ0) is 14.5. The van der Waals surface area contributed by atoms with E-state index in [1.165, 1.54) is 11.1 Å². The van der Waals surface area contributed by atoms with Crippen LogP contribution in [0.2, 0.25) is 10.0 Å². The molecule has 0 aliphatic rings. The average Bonchev–Trinajstić information content (AvgIpc) is 2.43. The van der Waals surface area contributed by atoms with Gasteiger partial charge in [0.1, 0.15) is 0 Å². The van der Waals surface area contributed by atoms with E-state index in [0.29, 0.717) is 5.02 Å². The van der Waals surface area contributed by atoms with E-state index < -0.39 is 0 Å². The molecule has 106 valence electrons. The zero-order valence-corrected chi connectivity index (χ0v) is 13.3. The van der Waals surface area contributed by atoms with Crippen LogP contribution in [0.1, 0.15) is 36.1 Å². The van der Waals surface area contributed by atoms with E-state index in [1.807, 2.05) is 12.1 Å².